The number of nitrogens with zero attached hydrogens (tertiary/aromatic N) is 4. The standard InChI is InChI=1S/C15H21N5O2/c1-10-13(15(21)20-6-4-5-12(9-20)16-2)18-14(22-10)11-7-17-19(3)8-11/h7-8,12,16H,4-6,9H2,1-3H3/t12-/m1/s1. The third-order valence-corrected chi connectivity index (χ3v) is 4.07. The Morgan fingerprint density at radius 2 is 2.32 bits per heavy atom. The second-order valence-electron chi connectivity index (χ2n) is 5.71. The molecular formula is C15H21N5O2. The lowest BCUT2D eigenvalue weighted by molar-refractivity contribution is 0.0691. The van der Waals surface area contributed by atoms with E-state index >= 15 is 0 Å². The number of likely N-dealkylation sites (N-methyl/N-ethyl adjacent to an activating group) is 1. The molecule has 0 bridgehead atoms. The summed E-state index contributed by atoms with van der Waals surface area (Å²) in [5.74, 6) is 0.933. The van der Waals surface area contributed by atoms with Gasteiger partial charge in [0.05, 0.1) is 11.8 Å². The Morgan fingerprint density at radius 1 is 1.50 bits per heavy atom. The minimum atomic E-state index is -0.0589. The Hall–Kier alpha value is -2.15. The van der Waals surface area contributed by atoms with E-state index in [0.717, 1.165) is 24.9 Å². The van der Waals surface area contributed by atoms with Crippen molar-refractivity contribution < 1.29 is 9.21 Å². The van der Waals surface area contributed by atoms with E-state index < -0.39 is 0 Å². The number of aryl methyl sites for hydroxylation is 2. The molecule has 1 atom stereocenters. The zero-order valence-corrected chi connectivity index (χ0v) is 13.2. The summed E-state index contributed by atoms with van der Waals surface area (Å²) in [5, 5.41) is 7.34. The maximum absolute atomic E-state index is 12.7. The van der Waals surface area contributed by atoms with E-state index in [-0.39, 0.29) is 5.91 Å². The highest BCUT2D eigenvalue weighted by molar-refractivity contribution is 5.93. The molecule has 1 amide bonds. The van der Waals surface area contributed by atoms with Crippen molar-refractivity contribution in [1.29, 1.82) is 0 Å². The fraction of sp³-hybridized carbons (Fsp3) is 0.533. The van der Waals surface area contributed by atoms with Gasteiger partial charge in [0.15, 0.2) is 5.69 Å². The fourth-order valence-electron chi connectivity index (χ4n) is 2.80. The van der Waals surface area contributed by atoms with Gasteiger partial charge in [-0.15, -0.1) is 0 Å². The van der Waals surface area contributed by atoms with E-state index in [4.69, 9.17) is 4.42 Å². The summed E-state index contributed by atoms with van der Waals surface area (Å²) in [6.07, 6.45) is 5.59. The monoisotopic (exact) mass is 303 g/mol. The quantitative estimate of drug-likeness (QED) is 0.922. The van der Waals surface area contributed by atoms with Crippen LogP contribution >= 0.6 is 0 Å². The molecule has 7 nitrogen and oxygen atoms in total. The first-order valence-corrected chi connectivity index (χ1v) is 7.51. The van der Waals surface area contributed by atoms with Crippen molar-refractivity contribution >= 4 is 5.91 Å². The van der Waals surface area contributed by atoms with Gasteiger partial charge in [0.2, 0.25) is 5.89 Å². The van der Waals surface area contributed by atoms with E-state index in [0.29, 0.717) is 29.9 Å². The van der Waals surface area contributed by atoms with E-state index in [2.05, 4.69) is 15.4 Å². The highest BCUT2D eigenvalue weighted by atomic mass is 16.4. The van der Waals surface area contributed by atoms with E-state index in [9.17, 15) is 4.79 Å². The molecule has 7 heteroatoms. The van der Waals surface area contributed by atoms with Crippen LogP contribution in [-0.2, 0) is 7.05 Å². The van der Waals surface area contributed by atoms with Gasteiger partial charge in [-0.2, -0.15) is 5.10 Å². The maximum atomic E-state index is 12.7. The lowest BCUT2D eigenvalue weighted by atomic mass is 10.1. The normalized spacial score (nSPS) is 18.7. The van der Waals surface area contributed by atoms with E-state index in [1.807, 2.05) is 25.2 Å². The molecule has 0 saturated carbocycles. The van der Waals surface area contributed by atoms with Gasteiger partial charge in [-0.1, -0.05) is 0 Å². The number of rotatable bonds is 3. The zero-order chi connectivity index (χ0) is 15.7. The number of amides is 1. The first-order valence-electron chi connectivity index (χ1n) is 7.51. The molecule has 1 saturated heterocycles. The van der Waals surface area contributed by atoms with Gasteiger partial charge in [-0.25, -0.2) is 4.98 Å². The largest absolute Gasteiger partial charge is 0.440 e. The predicted octanol–water partition coefficient (Wildman–Crippen LogP) is 1.21. The minimum absolute atomic E-state index is 0.0589. The van der Waals surface area contributed by atoms with Gasteiger partial charge >= 0.3 is 0 Å². The first kappa shape index (κ1) is 14.8. The number of carbonyl (C=O) groups excluding carboxylic acids is 1. The summed E-state index contributed by atoms with van der Waals surface area (Å²) < 4.78 is 7.33. The molecule has 3 rings (SSSR count). The Kier molecular flexibility index (Phi) is 3.98. The zero-order valence-electron chi connectivity index (χ0n) is 13.2. The second-order valence-corrected chi connectivity index (χ2v) is 5.71. The Bertz CT molecular complexity index is 675. The van der Waals surface area contributed by atoms with Crippen molar-refractivity contribution in [2.75, 3.05) is 20.1 Å². The van der Waals surface area contributed by atoms with Crippen LogP contribution in [0.3, 0.4) is 0 Å². The lowest BCUT2D eigenvalue weighted by Gasteiger charge is -2.32. The summed E-state index contributed by atoms with van der Waals surface area (Å²) in [6.45, 7) is 3.26. The molecule has 1 aliphatic heterocycles. The highest BCUT2D eigenvalue weighted by Crippen LogP contribution is 2.23. The number of oxazole rings is 1. The van der Waals surface area contributed by atoms with Crippen molar-refractivity contribution in [3.8, 4) is 11.5 Å². The number of aromatic nitrogens is 3. The molecular weight excluding hydrogens is 282 g/mol. The van der Waals surface area contributed by atoms with Crippen LogP contribution in [0.1, 0.15) is 29.1 Å². The smallest absolute Gasteiger partial charge is 0.276 e. The first-order chi connectivity index (χ1) is 10.6. The number of nitrogens with one attached hydrogen (secondary N) is 1. The maximum Gasteiger partial charge on any atom is 0.276 e. The SMILES string of the molecule is CN[C@@H]1CCCN(C(=O)c2nc(-c3cnn(C)c3)oc2C)C1. The summed E-state index contributed by atoms with van der Waals surface area (Å²) >= 11 is 0. The minimum Gasteiger partial charge on any atom is -0.440 e. The van der Waals surface area contributed by atoms with Crippen LogP contribution in [0.15, 0.2) is 16.8 Å². The van der Waals surface area contributed by atoms with E-state index in [1.165, 1.54) is 0 Å². The molecule has 0 unspecified atom stereocenters. The molecule has 2 aromatic rings. The predicted molar refractivity (Wildman–Crippen MR) is 81.4 cm³/mol. The summed E-state index contributed by atoms with van der Waals surface area (Å²) in [6, 6.07) is 0.350. The third kappa shape index (κ3) is 2.76. The van der Waals surface area contributed by atoms with Gasteiger partial charge in [0.25, 0.3) is 5.91 Å². The third-order valence-electron chi connectivity index (χ3n) is 4.07. The van der Waals surface area contributed by atoms with Crippen LogP contribution in [0.5, 0.6) is 0 Å². The molecule has 2 aromatic heterocycles. The molecule has 0 aliphatic carbocycles. The molecule has 1 aliphatic rings. The summed E-state index contributed by atoms with van der Waals surface area (Å²) in [5.41, 5.74) is 1.17. The van der Waals surface area contributed by atoms with E-state index in [1.54, 1.807) is 17.8 Å². The average Bonchev–Trinajstić information content (AvgIpc) is 3.12. The van der Waals surface area contributed by atoms with Crippen LogP contribution in [0.2, 0.25) is 0 Å². The van der Waals surface area contributed by atoms with Gasteiger partial charge < -0.3 is 14.6 Å². The molecule has 1 N–H and O–H groups in total. The van der Waals surface area contributed by atoms with Crippen molar-refractivity contribution in [2.24, 2.45) is 7.05 Å². The molecule has 0 radical (unpaired) electrons. The van der Waals surface area contributed by atoms with Crippen LogP contribution in [0.25, 0.3) is 11.5 Å². The topological polar surface area (TPSA) is 76.2 Å². The van der Waals surface area contributed by atoms with Crippen molar-refractivity contribution in [2.45, 2.75) is 25.8 Å². The second kappa shape index (κ2) is 5.92. The number of likely N-dealkylation sites (tertiary alicyclic amines) is 1. The Morgan fingerprint density at radius 3 is 3.00 bits per heavy atom. The molecule has 0 spiro atoms. The molecule has 0 aromatic carbocycles. The number of carbonyl (C=O) groups is 1. The van der Waals surface area contributed by atoms with Crippen LogP contribution in [-0.4, -0.2) is 51.8 Å². The lowest BCUT2D eigenvalue weighted by Crippen LogP contribution is -2.47. The summed E-state index contributed by atoms with van der Waals surface area (Å²) in [4.78, 5) is 18.9. The van der Waals surface area contributed by atoms with Crippen LogP contribution in [0.4, 0.5) is 0 Å². The molecule has 22 heavy (non-hydrogen) atoms. The average molecular weight is 303 g/mol. The van der Waals surface area contributed by atoms with Crippen LogP contribution < -0.4 is 5.32 Å². The van der Waals surface area contributed by atoms with Gasteiger partial charge in [-0.3, -0.25) is 9.48 Å². The number of hydrogen-bond acceptors (Lipinski definition) is 5. The molecule has 1 fully saturated rings. The highest BCUT2D eigenvalue weighted by Gasteiger charge is 2.27. The Labute approximate surface area is 129 Å². The number of piperidine rings is 1. The molecule has 3 heterocycles. The Balaban J connectivity index is 1.82. The molecule has 118 valence electrons. The number of hydrogen-bond donors (Lipinski definition) is 1. The van der Waals surface area contributed by atoms with Crippen LogP contribution in [0, 0.1) is 6.92 Å². The van der Waals surface area contributed by atoms with Crippen molar-refractivity contribution in [3.05, 3.63) is 23.8 Å². The fourth-order valence-corrected chi connectivity index (χ4v) is 2.80. The van der Waals surface area contributed by atoms with Gasteiger partial charge in [-0.05, 0) is 26.8 Å². The summed E-state index contributed by atoms with van der Waals surface area (Å²) in [7, 11) is 3.76. The van der Waals surface area contributed by atoms with Gasteiger partial charge in [0, 0.05) is 32.4 Å². The van der Waals surface area contributed by atoms with Crippen molar-refractivity contribution in [3.63, 3.8) is 0 Å². The van der Waals surface area contributed by atoms with Gasteiger partial charge in [0.1, 0.15) is 5.76 Å². The van der Waals surface area contributed by atoms with Crippen molar-refractivity contribution in [1.82, 2.24) is 25.0 Å².